The summed E-state index contributed by atoms with van der Waals surface area (Å²) in [7, 11) is -2.77. The van der Waals surface area contributed by atoms with Crippen LogP contribution in [0.25, 0.3) is 0 Å². The van der Waals surface area contributed by atoms with Crippen molar-refractivity contribution in [2.24, 2.45) is 5.92 Å². The standard InChI is InChI=1S/C55H111NO9Si2/c1-10-13-16-19-22-24-26-28-31-34-37-47(36-33-30-27-21-18-15-12-3)43-51(59)65-54-52(55(62-40-42-67(7,8)9)64-49(45-57)53(54)60)56-50(58)44-48(63-46-61-39-41-66(4,5)6)38-35-32-29-25-23-20-17-14-11-2/h47-49,52-55,57,60H,10-46H2,1-9H3,(H,56,58)/t47-,48+,49+,52-,53+,54+,55-/m0/s1. The highest BCUT2D eigenvalue weighted by molar-refractivity contribution is 6.76. The highest BCUT2D eigenvalue weighted by atomic mass is 28.3. The van der Waals surface area contributed by atoms with Gasteiger partial charge in [-0.1, -0.05) is 227 Å². The molecule has 10 nitrogen and oxygen atoms in total. The number of carbonyl (C=O) groups excluding carboxylic acids is 2. The lowest BCUT2D eigenvalue weighted by atomic mass is 9.91. The highest BCUT2D eigenvalue weighted by Gasteiger charge is 2.49. The molecule has 398 valence electrons. The van der Waals surface area contributed by atoms with E-state index in [4.69, 9.17) is 23.7 Å². The molecule has 3 N–H and O–H groups in total. The predicted octanol–water partition coefficient (Wildman–Crippen LogP) is 14.3. The van der Waals surface area contributed by atoms with E-state index in [0.717, 1.165) is 57.0 Å². The summed E-state index contributed by atoms with van der Waals surface area (Å²) in [6, 6.07) is 0.924. The lowest BCUT2D eigenvalue weighted by Crippen LogP contribution is -2.66. The van der Waals surface area contributed by atoms with Crippen molar-refractivity contribution in [3.8, 4) is 0 Å². The topological polar surface area (TPSA) is 133 Å². The zero-order valence-electron chi connectivity index (χ0n) is 45.5. The van der Waals surface area contributed by atoms with Gasteiger partial charge in [-0.05, 0) is 37.3 Å². The van der Waals surface area contributed by atoms with E-state index < -0.39 is 53.4 Å². The summed E-state index contributed by atoms with van der Waals surface area (Å²) < 4.78 is 31.0. The molecular formula is C55H111NO9Si2. The monoisotopic (exact) mass is 986 g/mol. The first-order valence-corrected chi connectivity index (χ1v) is 35.8. The number of amides is 1. The fourth-order valence-electron chi connectivity index (χ4n) is 9.04. The third kappa shape index (κ3) is 35.8. The molecule has 0 aromatic carbocycles. The number of hydrogen-bond acceptors (Lipinski definition) is 9. The van der Waals surface area contributed by atoms with Crippen molar-refractivity contribution in [3.63, 3.8) is 0 Å². The van der Waals surface area contributed by atoms with Crippen molar-refractivity contribution in [2.75, 3.05) is 26.6 Å². The maximum atomic E-state index is 14.1. The zero-order chi connectivity index (χ0) is 49.6. The molecule has 0 radical (unpaired) electrons. The number of aliphatic hydroxyl groups is 2. The lowest BCUT2D eigenvalue weighted by molar-refractivity contribution is -0.272. The summed E-state index contributed by atoms with van der Waals surface area (Å²) >= 11 is 0. The molecule has 0 spiro atoms. The Morgan fingerprint density at radius 3 is 1.48 bits per heavy atom. The Morgan fingerprint density at radius 1 is 0.597 bits per heavy atom. The van der Waals surface area contributed by atoms with Crippen molar-refractivity contribution < 1.29 is 43.5 Å². The first-order chi connectivity index (χ1) is 32.1. The molecule has 1 amide bonds. The molecule has 0 aromatic heterocycles. The average molecular weight is 987 g/mol. The second-order valence-corrected chi connectivity index (χ2v) is 34.1. The van der Waals surface area contributed by atoms with Gasteiger partial charge in [0.2, 0.25) is 5.91 Å². The summed E-state index contributed by atoms with van der Waals surface area (Å²) in [5, 5.41) is 25.2. The largest absolute Gasteiger partial charge is 0.457 e. The van der Waals surface area contributed by atoms with Gasteiger partial charge in [0.15, 0.2) is 12.4 Å². The maximum absolute atomic E-state index is 14.1. The van der Waals surface area contributed by atoms with Crippen molar-refractivity contribution in [1.29, 1.82) is 0 Å². The number of unbranched alkanes of at least 4 members (excludes halogenated alkanes) is 23. The van der Waals surface area contributed by atoms with Crippen LogP contribution in [0.2, 0.25) is 51.4 Å². The molecule has 67 heavy (non-hydrogen) atoms. The minimum Gasteiger partial charge on any atom is -0.457 e. The van der Waals surface area contributed by atoms with E-state index in [9.17, 15) is 19.8 Å². The maximum Gasteiger partial charge on any atom is 0.306 e. The molecule has 1 aliphatic rings. The van der Waals surface area contributed by atoms with Gasteiger partial charge in [-0.15, -0.1) is 0 Å². The molecule has 0 aliphatic carbocycles. The van der Waals surface area contributed by atoms with E-state index in [1.54, 1.807) is 0 Å². The summed E-state index contributed by atoms with van der Waals surface area (Å²) in [5.74, 6) is -0.486. The Bertz CT molecular complexity index is 1170. The van der Waals surface area contributed by atoms with Gasteiger partial charge >= 0.3 is 5.97 Å². The van der Waals surface area contributed by atoms with Crippen LogP contribution in [0.1, 0.15) is 220 Å². The molecule has 1 rings (SSSR count). The van der Waals surface area contributed by atoms with Crippen LogP contribution >= 0.6 is 0 Å². The van der Waals surface area contributed by atoms with Crippen LogP contribution in [0.5, 0.6) is 0 Å². The average Bonchev–Trinajstić information content (AvgIpc) is 3.26. The van der Waals surface area contributed by atoms with Crippen molar-refractivity contribution in [1.82, 2.24) is 5.32 Å². The van der Waals surface area contributed by atoms with E-state index in [-0.39, 0.29) is 43.5 Å². The van der Waals surface area contributed by atoms with Crippen molar-refractivity contribution >= 4 is 28.0 Å². The normalized spacial score (nSPS) is 20.0. The van der Waals surface area contributed by atoms with Crippen molar-refractivity contribution in [3.05, 3.63) is 0 Å². The van der Waals surface area contributed by atoms with Gasteiger partial charge in [-0.25, -0.2) is 0 Å². The number of ether oxygens (including phenoxy) is 5. The Kier molecular flexibility index (Phi) is 39.0. The van der Waals surface area contributed by atoms with Crippen LogP contribution in [0.3, 0.4) is 0 Å². The molecule has 0 bridgehead atoms. The molecular weight excluding hydrogens is 875 g/mol. The van der Waals surface area contributed by atoms with Crippen LogP contribution < -0.4 is 5.32 Å². The first-order valence-electron chi connectivity index (χ1n) is 28.4. The number of hydrogen-bond donors (Lipinski definition) is 3. The Labute approximate surface area is 415 Å². The molecule has 1 fully saturated rings. The van der Waals surface area contributed by atoms with Gasteiger partial charge in [0.25, 0.3) is 0 Å². The molecule has 7 atom stereocenters. The molecule has 1 aliphatic heterocycles. The highest BCUT2D eigenvalue weighted by Crippen LogP contribution is 2.29. The summed E-state index contributed by atoms with van der Waals surface area (Å²) in [4.78, 5) is 28.2. The zero-order valence-corrected chi connectivity index (χ0v) is 47.5. The van der Waals surface area contributed by atoms with Crippen LogP contribution in [0.4, 0.5) is 0 Å². The number of esters is 1. The van der Waals surface area contributed by atoms with Gasteiger partial charge < -0.3 is 39.2 Å². The molecule has 0 aromatic rings. The summed E-state index contributed by atoms with van der Waals surface area (Å²) in [6.45, 7) is 21.2. The second-order valence-electron chi connectivity index (χ2n) is 22.8. The smallest absolute Gasteiger partial charge is 0.306 e. The van der Waals surface area contributed by atoms with E-state index in [1.807, 2.05) is 0 Å². The van der Waals surface area contributed by atoms with E-state index in [1.165, 1.54) is 141 Å². The molecule has 0 saturated carbocycles. The predicted molar refractivity (Wildman–Crippen MR) is 285 cm³/mol. The number of nitrogens with one attached hydrogen (secondary N) is 1. The van der Waals surface area contributed by atoms with Gasteiger partial charge in [-0.3, -0.25) is 9.59 Å². The van der Waals surface area contributed by atoms with Gasteiger partial charge in [-0.2, -0.15) is 0 Å². The number of aliphatic hydroxyl groups excluding tert-OH is 2. The van der Waals surface area contributed by atoms with Gasteiger partial charge in [0, 0.05) is 35.8 Å². The van der Waals surface area contributed by atoms with Crippen molar-refractivity contribution in [2.45, 2.75) is 308 Å². The van der Waals surface area contributed by atoms with Crippen LogP contribution in [0.15, 0.2) is 0 Å². The van der Waals surface area contributed by atoms with Crippen LogP contribution in [-0.4, -0.2) is 102 Å². The van der Waals surface area contributed by atoms with Crippen LogP contribution in [0, 0.1) is 5.92 Å². The SMILES string of the molecule is CCCCCCCCCCCC[C@H](CCCCCCCCC)CC(=O)O[C@H]1[C@H](O)[C@@H](CO)O[C@H](OCC[Si](C)(C)C)[C@H]1NC(=O)C[C@@H](CCCCCCCCCCC)OCOCC[Si](C)(C)C. The molecule has 0 unspecified atom stereocenters. The summed E-state index contributed by atoms with van der Waals surface area (Å²) in [5.41, 5.74) is 0. The summed E-state index contributed by atoms with van der Waals surface area (Å²) in [6.07, 6.45) is 30.3. The fourth-order valence-corrected chi connectivity index (χ4v) is 10.5. The third-order valence-electron chi connectivity index (χ3n) is 13.6. The van der Waals surface area contributed by atoms with E-state index in [2.05, 4.69) is 65.4 Å². The first kappa shape index (κ1) is 64.1. The fraction of sp³-hybridized carbons (Fsp3) is 0.964. The molecule has 1 heterocycles. The minimum absolute atomic E-state index is 0.0894. The van der Waals surface area contributed by atoms with Crippen LogP contribution in [-0.2, 0) is 33.3 Å². The minimum atomic E-state index is -1.51. The van der Waals surface area contributed by atoms with E-state index >= 15 is 0 Å². The third-order valence-corrected chi connectivity index (χ3v) is 17.1. The van der Waals surface area contributed by atoms with E-state index in [0.29, 0.717) is 13.2 Å². The number of carbonyl (C=O) groups is 2. The Morgan fingerprint density at radius 2 is 1.03 bits per heavy atom. The second kappa shape index (κ2) is 40.7. The Hall–Kier alpha value is -0.866. The molecule has 1 saturated heterocycles. The Balaban J connectivity index is 3.17. The molecule has 12 heteroatoms. The van der Waals surface area contributed by atoms with Gasteiger partial charge in [0.05, 0.1) is 19.1 Å². The lowest BCUT2D eigenvalue weighted by Gasteiger charge is -2.44. The number of rotatable bonds is 46. The van der Waals surface area contributed by atoms with Gasteiger partial charge in [0.1, 0.15) is 25.0 Å². The quantitative estimate of drug-likeness (QED) is 0.0236.